The number of nitrogens with one attached hydrogen (secondary N) is 1. The van der Waals surface area contributed by atoms with Crippen LogP contribution in [0.15, 0.2) is 78.1 Å². The topological polar surface area (TPSA) is 60.5 Å². The molecule has 2 aromatic carbocycles. The molecule has 0 saturated heterocycles. The molecule has 0 saturated carbocycles. The molecule has 0 spiro atoms. The predicted molar refractivity (Wildman–Crippen MR) is 124 cm³/mol. The first-order chi connectivity index (χ1) is 15.7. The second kappa shape index (κ2) is 8.50. The fourth-order valence-corrected chi connectivity index (χ4v) is 4.95. The fourth-order valence-electron chi connectivity index (χ4n) is 4.95. The Bertz CT molecular complexity index is 1190. The zero-order valence-corrected chi connectivity index (χ0v) is 18.3. The van der Waals surface area contributed by atoms with E-state index in [4.69, 9.17) is 9.47 Å². The summed E-state index contributed by atoms with van der Waals surface area (Å²) in [4.78, 5) is 17.9. The molecule has 32 heavy (non-hydrogen) atoms. The van der Waals surface area contributed by atoms with Crippen molar-refractivity contribution in [2.75, 3.05) is 19.5 Å². The molecular weight excluding hydrogens is 400 g/mol. The largest absolute Gasteiger partial charge is 0.493 e. The van der Waals surface area contributed by atoms with Crippen LogP contribution in [0.1, 0.15) is 41.5 Å². The Morgan fingerprint density at radius 3 is 2.56 bits per heavy atom. The van der Waals surface area contributed by atoms with Gasteiger partial charge in [0.1, 0.15) is 0 Å². The standard InChI is InChI=1S/C27H26N2O3/c1-31-24-10-9-17(15-25(24)32-2)20-13-21-12-18-6-3-4-8-22(18)29-27(26(21)23(30)14-20)19-7-5-11-28-16-19/h3-11,15-16,20,27,29H,12-14H2,1-2H3. The van der Waals surface area contributed by atoms with Gasteiger partial charge in [-0.25, -0.2) is 0 Å². The SMILES string of the molecule is COc1ccc(C2CC(=O)C3=C(Cc4ccccc4NC3c3cccnc3)C2)cc1OC. The Labute approximate surface area is 188 Å². The molecule has 5 heteroatoms. The molecule has 1 N–H and O–H groups in total. The molecule has 1 aromatic heterocycles. The summed E-state index contributed by atoms with van der Waals surface area (Å²) < 4.78 is 10.9. The van der Waals surface area contributed by atoms with Gasteiger partial charge in [0, 0.05) is 30.1 Å². The van der Waals surface area contributed by atoms with Gasteiger partial charge in [-0.05, 0) is 59.7 Å². The van der Waals surface area contributed by atoms with E-state index in [9.17, 15) is 4.79 Å². The first-order valence-corrected chi connectivity index (χ1v) is 10.9. The van der Waals surface area contributed by atoms with Crippen molar-refractivity contribution in [3.05, 3.63) is 94.8 Å². The highest BCUT2D eigenvalue weighted by Crippen LogP contribution is 2.45. The number of para-hydroxylation sites is 1. The Morgan fingerprint density at radius 1 is 0.938 bits per heavy atom. The summed E-state index contributed by atoms with van der Waals surface area (Å²) in [5.41, 5.74) is 6.50. The van der Waals surface area contributed by atoms with Crippen LogP contribution in [0, 0.1) is 0 Å². The van der Waals surface area contributed by atoms with Crippen molar-refractivity contribution in [1.82, 2.24) is 4.98 Å². The number of benzene rings is 2. The minimum Gasteiger partial charge on any atom is -0.493 e. The zero-order chi connectivity index (χ0) is 22.1. The lowest BCUT2D eigenvalue weighted by atomic mass is 9.75. The number of hydrogen-bond acceptors (Lipinski definition) is 5. The van der Waals surface area contributed by atoms with Crippen molar-refractivity contribution < 1.29 is 14.3 Å². The summed E-state index contributed by atoms with van der Waals surface area (Å²) in [6.07, 6.45) is 5.69. The van der Waals surface area contributed by atoms with Crippen LogP contribution in [0.2, 0.25) is 0 Å². The molecule has 5 rings (SSSR count). The van der Waals surface area contributed by atoms with Gasteiger partial charge in [0.15, 0.2) is 17.3 Å². The summed E-state index contributed by atoms with van der Waals surface area (Å²) in [6, 6.07) is 18.1. The molecule has 0 amide bonds. The van der Waals surface area contributed by atoms with E-state index < -0.39 is 0 Å². The maximum Gasteiger partial charge on any atom is 0.161 e. The van der Waals surface area contributed by atoms with Crippen LogP contribution in [0.4, 0.5) is 5.69 Å². The van der Waals surface area contributed by atoms with Crippen molar-refractivity contribution in [3.8, 4) is 11.5 Å². The van der Waals surface area contributed by atoms with Crippen LogP contribution in [-0.4, -0.2) is 25.0 Å². The average molecular weight is 427 g/mol. The number of Topliss-reactive ketones (excluding diaryl/α,β-unsaturated/α-hetero) is 1. The number of rotatable bonds is 4. The van der Waals surface area contributed by atoms with E-state index in [0.717, 1.165) is 35.2 Å². The highest BCUT2D eigenvalue weighted by molar-refractivity contribution is 6.00. The number of hydrogen-bond donors (Lipinski definition) is 1. The monoisotopic (exact) mass is 426 g/mol. The fraction of sp³-hybridized carbons (Fsp3) is 0.259. The van der Waals surface area contributed by atoms with Crippen molar-refractivity contribution >= 4 is 11.5 Å². The lowest BCUT2D eigenvalue weighted by Gasteiger charge is -2.30. The number of pyridine rings is 1. The molecule has 0 radical (unpaired) electrons. The molecule has 5 nitrogen and oxygen atoms in total. The van der Waals surface area contributed by atoms with Gasteiger partial charge in [-0.3, -0.25) is 9.78 Å². The maximum absolute atomic E-state index is 13.6. The molecule has 162 valence electrons. The molecule has 0 bridgehead atoms. The number of methoxy groups -OCH3 is 2. The Balaban J connectivity index is 1.57. The molecular formula is C27H26N2O3. The van der Waals surface area contributed by atoms with E-state index in [-0.39, 0.29) is 17.7 Å². The van der Waals surface area contributed by atoms with Gasteiger partial charge in [0.05, 0.1) is 20.3 Å². The predicted octanol–water partition coefficient (Wildman–Crippen LogP) is 5.25. The number of ketones is 1. The van der Waals surface area contributed by atoms with Gasteiger partial charge in [0.25, 0.3) is 0 Å². The number of fused-ring (bicyclic) bond motifs is 1. The van der Waals surface area contributed by atoms with Crippen LogP contribution < -0.4 is 14.8 Å². The Kier molecular flexibility index (Phi) is 5.39. The van der Waals surface area contributed by atoms with Gasteiger partial charge < -0.3 is 14.8 Å². The summed E-state index contributed by atoms with van der Waals surface area (Å²) in [5, 5.41) is 3.64. The molecule has 3 aromatic rings. The number of anilines is 1. The molecule has 1 aliphatic heterocycles. The second-order valence-electron chi connectivity index (χ2n) is 8.36. The summed E-state index contributed by atoms with van der Waals surface area (Å²) >= 11 is 0. The summed E-state index contributed by atoms with van der Waals surface area (Å²) in [6.45, 7) is 0. The van der Waals surface area contributed by atoms with Gasteiger partial charge in [-0.1, -0.05) is 35.9 Å². The van der Waals surface area contributed by atoms with Crippen LogP contribution in [-0.2, 0) is 11.2 Å². The quantitative estimate of drug-likeness (QED) is 0.617. The zero-order valence-electron chi connectivity index (χ0n) is 18.3. The maximum atomic E-state index is 13.6. The van der Waals surface area contributed by atoms with E-state index in [1.54, 1.807) is 20.4 Å². The van der Waals surface area contributed by atoms with Gasteiger partial charge in [-0.15, -0.1) is 0 Å². The normalized spacial score (nSPS) is 20.0. The molecule has 2 aliphatic rings. The number of carbonyl (C=O) groups is 1. The molecule has 2 unspecified atom stereocenters. The van der Waals surface area contributed by atoms with E-state index in [1.165, 1.54) is 11.1 Å². The first kappa shape index (κ1) is 20.3. The lowest BCUT2D eigenvalue weighted by molar-refractivity contribution is -0.116. The van der Waals surface area contributed by atoms with E-state index in [1.807, 2.05) is 42.6 Å². The number of aromatic nitrogens is 1. The third-order valence-corrected chi connectivity index (χ3v) is 6.51. The third-order valence-electron chi connectivity index (χ3n) is 6.51. The van der Waals surface area contributed by atoms with E-state index >= 15 is 0 Å². The first-order valence-electron chi connectivity index (χ1n) is 10.9. The average Bonchev–Trinajstić information content (AvgIpc) is 3.01. The van der Waals surface area contributed by atoms with Gasteiger partial charge >= 0.3 is 0 Å². The molecule has 1 aliphatic carbocycles. The van der Waals surface area contributed by atoms with Crippen molar-refractivity contribution in [1.29, 1.82) is 0 Å². The number of nitrogens with zero attached hydrogens (tertiary/aromatic N) is 1. The van der Waals surface area contributed by atoms with Crippen LogP contribution >= 0.6 is 0 Å². The number of allylic oxidation sites excluding steroid dienone is 1. The number of carbonyl (C=O) groups excluding carboxylic acids is 1. The smallest absolute Gasteiger partial charge is 0.161 e. The van der Waals surface area contributed by atoms with Crippen molar-refractivity contribution in [3.63, 3.8) is 0 Å². The van der Waals surface area contributed by atoms with E-state index in [2.05, 4.69) is 28.5 Å². The minimum atomic E-state index is -0.193. The van der Waals surface area contributed by atoms with Crippen LogP contribution in [0.5, 0.6) is 11.5 Å². The van der Waals surface area contributed by atoms with Gasteiger partial charge in [0.2, 0.25) is 0 Å². The van der Waals surface area contributed by atoms with Crippen molar-refractivity contribution in [2.45, 2.75) is 31.2 Å². The molecule has 2 atom stereocenters. The Hall–Kier alpha value is -3.60. The third kappa shape index (κ3) is 3.64. The lowest BCUT2D eigenvalue weighted by Crippen LogP contribution is -2.25. The summed E-state index contributed by atoms with van der Waals surface area (Å²) in [5.74, 6) is 1.70. The summed E-state index contributed by atoms with van der Waals surface area (Å²) in [7, 11) is 3.27. The van der Waals surface area contributed by atoms with E-state index in [0.29, 0.717) is 17.9 Å². The number of ether oxygens (including phenoxy) is 2. The second-order valence-corrected chi connectivity index (χ2v) is 8.36. The minimum absolute atomic E-state index is 0.112. The molecule has 2 heterocycles. The van der Waals surface area contributed by atoms with Gasteiger partial charge in [-0.2, -0.15) is 0 Å². The molecule has 0 fully saturated rings. The highest BCUT2D eigenvalue weighted by atomic mass is 16.5. The van der Waals surface area contributed by atoms with Crippen LogP contribution in [0.25, 0.3) is 0 Å². The van der Waals surface area contributed by atoms with Crippen LogP contribution in [0.3, 0.4) is 0 Å². The van der Waals surface area contributed by atoms with Crippen molar-refractivity contribution in [2.24, 2.45) is 0 Å². The Morgan fingerprint density at radius 2 is 1.78 bits per heavy atom. The highest BCUT2D eigenvalue weighted by Gasteiger charge is 2.36.